The van der Waals surface area contributed by atoms with Crippen LogP contribution in [0.4, 0.5) is 13.2 Å². The van der Waals surface area contributed by atoms with Crippen LogP contribution < -0.4 is 4.74 Å². The molecule has 0 spiro atoms. The minimum absolute atomic E-state index is 0.198. The lowest BCUT2D eigenvalue weighted by molar-refractivity contribution is -0.177. The first-order chi connectivity index (χ1) is 12.4. The third-order valence-corrected chi connectivity index (χ3v) is 4.24. The van der Waals surface area contributed by atoms with Gasteiger partial charge in [0.2, 0.25) is 0 Å². The van der Waals surface area contributed by atoms with E-state index in [1.54, 1.807) is 24.3 Å². The molecule has 0 aliphatic carbocycles. The van der Waals surface area contributed by atoms with Crippen LogP contribution in [0.25, 0.3) is 22.3 Å². The number of ether oxygens (including phenoxy) is 1. The molecule has 1 nitrogen and oxygen atoms in total. The average molecular weight is 377 g/mol. The van der Waals surface area contributed by atoms with E-state index in [2.05, 4.69) is 4.74 Å². The first-order valence-electron chi connectivity index (χ1n) is 8.11. The van der Waals surface area contributed by atoms with Crippen molar-refractivity contribution in [1.82, 2.24) is 0 Å². The highest BCUT2D eigenvalue weighted by molar-refractivity contribution is 6.30. The van der Waals surface area contributed by atoms with Crippen LogP contribution in [0.2, 0.25) is 5.02 Å². The summed E-state index contributed by atoms with van der Waals surface area (Å²) in [4.78, 5) is 0. The van der Waals surface area contributed by atoms with E-state index in [1.165, 1.54) is 19.1 Å². The smallest absolute Gasteiger partial charge is 0.397 e. The molecule has 26 heavy (non-hydrogen) atoms. The molecule has 0 aliphatic rings. The zero-order valence-electron chi connectivity index (χ0n) is 14.0. The summed E-state index contributed by atoms with van der Waals surface area (Å²) in [5, 5.41) is 0.656. The second-order valence-electron chi connectivity index (χ2n) is 5.82. The third-order valence-electron chi connectivity index (χ3n) is 3.99. The van der Waals surface area contributed by atoms with Gasteiger partial charge in [-0.3, -0.25) is 0 Å². The van der Waals surface area contributed by atoms with Gasteiger partial charge in [0.25, 0.3) is 0 Å². The van der Waals surface area contributed by atoms with Crippen LogP contribution in [0.3, 0.4) is 0 Å². The molecule has 0 heterocycles. The summed E-state index contributed by atoms with van der Waals surface area (Å²) in [5.74, 6) is -0.815. The zero-order valence-corrected chi connectivity index (χ0v) is 14.7. The summed E-state index contributed by atoms with van der Waals surface area (Å²) in [6.07, 6.45) is -3.79. The Balaban J connectivity index is 1.84. The molecule has 0 amide bonds. The molecule has 134 valence electrons. The van der Waals surface area contributed by atoms with Crippen molar-refractivity contribution >= 4 is 11.6 Å². The Bertz CT molecular complexity index is 890. The van der Waals surface area contributed by atoms with Gasteiger partial charge < -0.3 is 4.74 Å². The summed E-state index contributed by atoms with van der Waals surface area (Å²) in [6.45, 7) is 1.30. The Kier molecular flexibility index (Phi) is 5.23. The average Bonchev–Trinajstić information content (AvgIpc) is 2.62. The molecule has 0 bridgehead atoms. The minimum Gasteiger partial charge on any atom is -0.432 e. The summed E-state index contributed by atoms with van der Waals surface area (Å²) in [7, 11) is 0. The van der Waals surface area contributed by atoms with Crippen LogP contribution in [0.15, 0.2) is 66.7 Å². The van der Waals surface area contributed by atoms with Gasteiger partial charge in [-0.1, -0.05) is 54.9 Å². The largest absolute Gasteiger partial charge is 0.432 e. The fourth-order valence-corrected chi connectivity index (χ4v) is 2.65. The lowest BCUT2D eigenvalue weighted by Gasteiger charge is -2.16. The molecule has 0 atom stereocenters. The number of hydrogen-bond acceptors (Lipinski definition) is 1. The van der Waals surface area contributed by atoms with Crippen molar-refractivity contribution in [2.75, 3.05) is 0 Å². The van der Waals surface area contributed by atoms with Gasteiger partial charge in [-0.2, -0.15) is 8.78 Å². The quantitative estimate of drug-likeness (QED) is 0.457. The molecule has 0 fully saturated rings. The standard InChI is InChI=1S/C21H16ClF3O/c1-2-21(24,25)26-18-11-12-19(20(23)13-18)16-5-3-14(4-6-16)15-7-9-17(22)10-8-15/h3-13H,2H2,1H3. The molecule has 0 aliphatic heterocycles. The van der Waals surface area contributed by atoms with Gasteiger partial charge >= 0.3 is 6.11 Å². The van der Waals surface area contributed by atoms with Crippen LogP contribution in [0.5, 0.6) is 5.75 Å². The minimum atomic E-state index is -3.31. The molecule has 3 rings (SSSR count). The highest BCUT2D eigenvalue weighted by Gasteiger charge is 2.28. The first-order valence-corrected chi connectivity index (χ1v) is 8.48. The Morgan fingerprint density at radius 3 is 1.92 bits per heavy atom. The number of halogens is 4. The van der Waals surface area contributed by atoms with E-state index in [1.807, 2.05) is 24.3 Å². The van der Waals surface area contributed by atoms with E-state index in [-0.39, 0.29) is 5.75 Å². The third kappa shape index (κ3) is 4.20. The molecule has 0 aromatic heterocycles. The normalized spacial score (nSPS) is 11.4. The molecule has 0 radical (unpaired) electrons. The highest BCUT2D eigenvalue weighted by Crippen LogP contribution is 2.31. The highest BCUT2D eigenvalue weighted by atomic mass is 35.5. The maximum Gasteiger partial charge on any atom is 0.397 e. The van der Waals surface area contributed by atoms with Crippen molar-refractivity contribution in [2.24, 2.45) is 0 Å². The van der Waals surface area contributed by atoms with Gasteiger partial charge in [0, 0.05) is 23.1 Å². The maximum absolute atomic E-state index is 14.3. The molecule has 3 aromatic rings. The Labute approximate surface area is 155 Å². The predicted molar refractivity (Wildman–Crippen MR) is 98.1 cm³/mol. The number of alkyl halides is 2. The zero-order chi connectivity index (χ0) is 18.7. The van der Waals surface area contributed by atoms with E-state index >= 15 is 0 Å². The number of hydrogen-bond donors (Lipinski definition) is 0. The topological polar surface area (TPSA) is 9.23 Å². The second-order valence-corrected chi connectivity index (χ2v) is 6.26. The summed E-state index contributed by atoms with van der Waals surface area (Å²) in [6, 6.07) is 18.5. The molecule has 0 saturated carbocycles. The van der Waals surface area contributed by atoms with Gasteiger partial charge in [0.1, 0.15) is 11.6 Å². The molecule has 0 unspecified atom stereocenters. The van der Waals surface area contributed by atoms with Crippen LogP contribution in [0, 0.1) is 5.82 Å². The summed E-state index contributed by atoms with van der Waals surface area (Å²) in [5.41, 5.74) is 2.93. The SMILES string of the molecule is CCC(F)(F)Oc1ccc(-c2ccc(-c3ccc(Cl)cc3)cc2)c(F)c1. The monoisotopic (exact) mass is 376 g/mol. The van der Waals surface area contributed by atoms with Crippen LogP contribution in [0.1, 0.15) is 13.3 Å². The molecule has 0 saturated heterocycles. The summed E-state index contributed by atoms with van der Waals surface area (Å²) >= 11 is 5.89. The Morgan fingerprint density at radius 2 is 1.38 bits per heavy atom. The van der Waals surface area contributed by atoms with Gasteiger partial charge in [-0.05, 0) is 41.0 Å². The maximum atomic E-state index is 14.3. The first kappa shape index (κ1) is 18.3. The lowest BCUT2D eigenvalue weighted by atomic mass is 10.00. The summed E-state index contributed by atoms with van der Waals surface area (Å²) < 4.78 is 45.4. The van der Waals surface area contributed by atoms with Gasteiger partial charge in [-0.15, -0.1) is 0 Å². The van der Waals surface area contributed by atoms with E-state index in [0.29, 0.717) is 16.1 Å². The second kappa shape index (κ2) is 7.42. The molecule has 3 aromatic carbocycles. The van der Waals surface area contributed by atoms with E-state index in [9.17, 15) is 13.2 Å². The number of rotatable bonds is 5. The van der Waals surface area contributed by atoms with Gasteiger partial charge in [0.15, 0.2) is 0 Å². The lowest BCUT2D eigenvalue weighted by Crippen LogP contribution is -2.23. The van der Waals surface area contributed by atoms with Crippen molar-refractivity contribution < 1.29 is 17.9 Å². The van der Waals surface area contributed by atoms with Crippen molar-refractivity contribution in [1.29, 1.82) is 0 Å². The van der Waals surface area contributed by atoms with Crippen molar-refractivity contribution in [3.8, 4) is 28.0 Å². The van der Waals surface area contributed by atoms with E-state index in [4.69, 9.17) is 11.6 Å². The van der Waals surface area contributed by atoms with Crippen molar-refractivity contribution in [3.05, 3.63) is 77.6 Å². The van der Waals surface area contributed by atoms with Gasteiger partial charge in [0.05, 0.1) is 0 Å². The van der Waals surface area contributed by atoms with E-state index in [0.717, 1.165) is 17.2 Å². The van der Waals surface area contributed by atoms with Crippen LogP contribution in [-0.2, 0) is 0 Å². The molecular formula is C21H16ClF3O. The van der Waals surface area contributed by atoms with E-state index < -0.39 is 18.3 Å². The number of benzene rings is 3. The molecule has 5 heteroatoms. The Hall–Kier alpha value is -2.46. The molecule has 0 N–H and O–H groups in total. The van der Waals surface area contributed by atoms with Crippen LogP contribution >= 0.6 is 11.6 Å². The predicted octanol–water partition coefficient (Wildman–Crippen LogP) is 7.19. The Morgan fingerprint density at radius 1 is 0.846 bits per heavy atom. The fourth-order valence-electron chi connectivity index (χ4n) is 2.52. The van der Waals surface area contributed by atoms with Gasteiger partial charge in [-0.25, -0.2) is 4.39 Å². The van der Waals surface area contributed by atoms with Crippen molar-refractivity contribution in [2.45, 2.75) is 19.5 Å². The molecular weight excluding hydrogens is 361 g/mol. The van der Waals surface area contributed by atoms with Crippen molar-refractivity contribution in [3.63, 3.8) is 0 Å². The fraction of sp³-hybridized carbons (Fsp3) is 0.143. The van der Waals surface area contributed by atoms with Crippen LogP contribution in [-0.4, -0.2) is 6.11 Å².